The van der Waals surface area contributed by atoms with Crippen LogP contribution in [0.3, 0.4) is 0 Å². The average molecular weight is 404 g/mol. The molecule has 1 aliphatic carbocycles. The summed E-state index contributed by atoms with van der Waals surface area (Å²) in [5, 5.41) is -0.427. The molecular weight excluding hydrogens is 394 g/mol. The van der Waals surface area contributed by atoms with Crippen molar-refractivity contribution < 1.29 is 14.4 Å². The second-order valence-electron chi connectivity index (χ2n) is 6.38. The van der Waals surface area contributed by atoms with Gasteiger partial charge < -0.3 is 0 Å². The monoisotopic (exact) mass is 403 g/mol. The van der Waals surface area contributed by atoms with Crippen LogP contribution in [0.4, 0.5) is 0 Å². The molecule has 0 atom stereocenters. The van der Waals surface area contributed by atoms with Gasteiger partial charge in [0.05, 0.1) is 10.2 Å². The predicted molar refractivity (Wildman–Crippen MR) is 109 cm³/mol. The normalized spacial score (nSPS) is 12.8. The molecule has 0 N–H and O–H groups in total. The quantitative estimate of drug-likeness (QED) is 0.384. The third kappa shape index (κ3) is 2.37. The Hall–Kier alpha value is -3.15. The molecule has 0 amide bonds. The van der Waals surface area contributed by atoms with Crippen LogP contribution in [-0.4, -0.2) is 21.8 Å². The van der Waals surface area contributed by atoms with Gasteiger partial charge >= 0.3 is 0 Å². The van der Waals surface area contributed by atoms with E-state index in [-0.39, 0.29) is 16.6 Å². The van der Waals surface area contributed by atoms with E-state index < -0.39 is 5.24 Å². The number of fused-ring (bicyclic) bond motifs is 3. The second kappa shape index (κ2) is 6.19. The number of benzene rings is 3. The number of para-hydroxylation sites is 1. The number of ketones is 2. The van der Waals surface area contributed by atoms with E-state index in [0.717, 1.165) is 4.70 Å². The van der Waals surface area contributed by atoms with E-state index in [1.807, 2.05) is 18.2 Å². The minimum atomic E-state index is -0.623. The molecular formula is C22H10ClNO3S. The maximum absolute atomic E-state index is 13.3. The maximum Gasteiger partial charge on any atom is 0.281 e. The van der Waals surface area contributed by atoms with E-state index in [1.165, 1.54) is 11.3 Å². The van der Waals surface area contributed by atoms with E-state index >= 15 is 0 Å². The molecule has 0 fully saturated rings. The van der Waals surface area contributed by atoms with Crippen molar-refractivity contribution in [1.82, 2.24) is 4.98 Å². The van der Waals surface area contributed by atoms with E-state index in [1.54, 1.807) is 42.5 Å². The molecule has 134 valence electrons. The van der Waals surface area contributed by atoms with Crippen LogP contribution in [0.15, 0.2) is 60.7 Å². The van der Waals surface area contributed by atoms with Crippen molar-refractivity contribution in [3.63, 3.8) is 0 Å². The Bertz CT molecular complexity index is 1340. The lowest BCUT2D eigenvalue weighted by Crippen LogP contribution is -2.21. The lowest BCUT2D eigenvalue weighted by atomic mass is 9.80. The fraction of sp³-hybridized carbons (Fsp3) is 0. The van der Waals surface area contributed by atoms with Crippen molar-refractivity contribution in [3.05, 3.63) is 87.9 Å². The molecule has 0 saturated carbocycles. The Kier molecular flexibility index (Phi) is 3.75. The first kappa shape index (κ1) is 17.0. The smallest absolute Gasteiger partial charge is 0.281 e. The highest BCUT2D eigenvalue weighted by molar-refractivity contribution is 7.21. The Morgan fingerprint density at radius 1 is 0.750 bits per heavy atom. The molecule has 1 heterocycles. The van der Waals surface area contributed by atoms with Crippen LogP contribution >= 0.6 is 22.9 Å². The number of carbonyl (C=O) groups is 3. The van der Waals surface area contributed by atoms with Crippen LogP contribution in [0.1, 0.15) is 41.6 Å². The highest BCUT2D eigenvalue weighted by atomic mass is 35.5. The van der Waals surface area contributed by atoms with E-state index in [4.69, 9.17) is 11.6 Å². The first-order valence-corrected chi connectivity index (χ1v) is 9.67. The van der Waals surface area contributed by atoms with Gasteiger partial charge in [0.25, 0.3) is 5.24 Å². The Morgan fingerprint density at radius 3 is 2.11 bits per heavy atom. The van der Waals surface area contributed by atoms with Crippen molar-refractivity contribution >= 4 is 50.0 Å². The molecule has 4 aromatic rings. The standard InChI is InChI=1S/C22H10ClNO3S/c23-21(27)22-24-18-12(8-4-10-16(18)28-22)11-7-3-9-15-17(11)20(26)14-6-2-1-5-13(14)19(15)25/h1-10H. The fourth-order valence-electron chi connectivity index (χ4n) is 3.62. The van der Waals surface area contributed by atoms with Gasteiger partial charge in [0.1, 0.15) is 0 Å². The van der Waals surface area contributed by atoms with E-state index in [9.17, 15) is 14.4 Å². The average Bonchev–Trinajstić information content (AvgIpc) is 3.16. The number of thiazole rings is 1. The van der Waals surface area contributed by atoms with Gasteiger partial charge in [-0.25, -0.2) is 4.98 Å². The first-order valence-electron chi connectivity index (χ1n) is 8.47. The highest BCUT2D eigenvalue weighted by Gasteiger charge is 2.32. The molecule has 4 nitrogen and oxygen atoms in total. The summed E-state index contributed by atoms with van der Waals surface area (Å²) in [6.45, 7) is 0. The molecule has 1 aromatic heterocycles. The summed E-state index contributed by atoms with van der Waals surface area (Å²) in [5.41, 5.74) is 3.45. The van der Waals surface area contributed by atoms with Gasteiger partial charge in [-0.1, -0.05) is 54.6 Å². The molecule has 0 saturated heterocycles. The molecule has 3 aromatic carbocycles. The molecule has 0 aliphatic heterocycles. The number of aromatic nitrogens is 1. The summed E-state index contributed by atoms with van der Waals surface area (Å²) in [6, 6.07) is 17.6. The van der Waals surface area contributed by atoms with Crippen LogP contribution in [0, 0.1) is 0 Å². The van der Waals surface area contributed by atoms with Crippen LogP contribution < -0.4 is 0 Å². The third-order valence-corrected chi connectivity index (χ3v) is 6.14. The number of nitrogens with zero attached hydrogens (tertiary/aromatic N) is 1. The number of carbonyl (C=O) groups excluding carboxylic acids is 3. The van der Waals surface area contributed by atoms with Gasteiger partial charge in [-0.15, -0.1) is 11.3 Å². The van der Waals surface area contributed by atoms with Crippen LogP contribution in [0.25, 0.3) is 21.3 Å². The minimum absolute atomic E-state index is 0.172. The largest absolute Gasteiger partial charge is 0.289 e. The SMILES string of the molecule is O=C(Cl)c1nc2c(-c3cccc4c3C(=O)c3ccccc3C4=O)cccc2s1. The molecule has 0 spiro atoms. The van der Waals surface area contributed by atoms with Gasteiger partial charge in [-0.3, -0.25) is 14.4 Å². The third-order valence-electron chi connectivity index (χ3n) is 4.83. The minimum Gasteiger partial charge on any atom is -0.289 e. The van der Waals surface area contributed by atoms with Crippen molar-refractivity contribution in [3.8, 4) is 11.1 Å². The van der Waals surface area contributed by atoms with Crippen LogP contribution in [0.5, 0.6) is 0 Å². The molecule has 1 aliphatic rings. The molecule has 0 unspecified atom stereocenters. The zero-order valence-corrected chi connectivity index (χ0v) is 15.8. The zero-order valence-electron chi connectivity index (χ0n) is 14.2. The maximum atomic E-state index is 13.3. The Balaban J connectivity index is 1.81. The van der Waals surface area contributed by atoms with Crippen molar-refractivity contribution in [1.29, 1.82) is 0 Å². The molecule has 0 radical (unpaired) electrons. The van der Waals surface area contributed by atoms with Gasteiger partial charge in [0.15, 0.2) is 16.6 Å². The second-order valence-corrected chi connectivity index (χ2v) is 7.75. The van der Waals surface area contributed by atoms with Crippen LogP contribution in [0.2, 0.25) is 0 Å². The Morgan fingerprint density at radius 2 is 1.36 bits per heavy atom. The van der Waals surface area contributed by atoms with E-state index in [2.05, 4.69) is 4.98 Å². The molecule has 6 heteroatoms. The van der Waals surface area contributed by atoms with Gasteiger partial charge in [0, 0.05) is 27.8 Å². The number of hydrogen-bond donors (Lipinski definition) is 0. The van der Waals surface area contributed by atoms with Crippen molar-refractivity contribution in [2.24, 2.45) is 0 Å². The van der Waals surface area contributed by atoms with Crippen molar-refractivity contribution in [2.45, 2.75) is 0 Å². The van der Waals surface area contributed by atoms with Gasteiger partial charge in [-0.2, -0.15) is 0 Å². The lowest BCUT2D eigenvalue weighted by molar-refractivity contribution is 0.0979. The topological polar surface area (TPSA) is 64.1 Å². The Labute approximate surface area is 168 Å². The predicted octanol–water partition coefficient (Wildman–Crippen LogP) is 5.12. The summed E-state index contributed by atoms with van der Waals surface area (Å²) in [5.74, 6) is -0.365. The summed E-state index contributed by atoms with van der Waals surface area (Å²) in [7, 11) is 0. The fourth-order valence-corrected chi connectivity index (χ4v) is 4.60. The lowest BCUT2D eigenvalue weighted by Gasteiger charge is -2.20. The highest BCUT2D eigenvalue weighted by Crippen LogP contribution is 2.38. The zero-order chi connectivity index (χ0) is 19.4. The first-order chi connectivity index (χ1) is 13.6. The summed E-state index contributed by atoms with van der Waals surface area (Å²) in [6.07, 6.45) is 0. The summed E-state index contributed by atoms with van der Waals surface area (Å²) < 4.78 is 0.786. The van der Waals surface area contributed by atoms with E-state index in [0.29, 0.717) is 38.9 Å². The number of rotatable bonds is 2. The number of hydrogen-bond acceptors (Lipinski definition) is 5. The van der Waals surface area contributed by atoms with Gasteiger partial charge in [-0.05, 0) is 23.2 Å². The summed E-state index contributed by atoms with van der Waals surface area (Å²) >= 11 is 6.79. The van der Waals surface area contributed by atoms with Crippen LogP contribution in [-0.2, 0) is 0 Å². The molecule has 0 bridgehead atoms. The molecule has 28 heavy (non-hydrogen) atoms. The van der Waals surface area contributed by atoms with Gasteiger partial charge in [0.2, 0.25) is 0 Å². The molecule has 5 rings (SSSR count). The van der Waals surface area contributed by atoms with Crippen molar-refractivity contribution in [2.75, 3.05) is 0 Å². The summed E-state index contributed by atoms with van der Waals surface area (Å²) in [4.78, 5) is 42.1. The number of halogens is 1.